The second kappa shape index (κ2) is 5.48. The summed E-state index contributed by atoms with van der Waals surface area (Å²) in [5.41, 5.74) is 1.99. The highest BCUT2D eigenvalue weighted by Gasteiger charge is 2.04. The van der Waals surface area contributed by atoms with Crippen molar-refractivity contribution in [1.82, 2.24) is 0 Å². The fraction of sp³-hybridized carbons (Fsp3) is 0.0714. The maximum absolute atomic E-state index is 13.0. The molecule has 0 saturated heterocycles. The zero-order chi connectivity index (χ0) is 13.8. The Kier molecular flexibility index (Phi) is 3.75. The summed E-state index contributed by atoms with van der Waals surface area (Å²) >= 11 is 0. The van der Waals surface area contributed by atoms with Crippen LogP contribution < -0.4 is 5.32 Å². The van der Waals surface area contributed by atoms with Gasteiger partial charge in [0.1, 0.15) is 0 Å². The number of benzene rings is 2. The molecule has 2 rings (SSSR count). The number of nitrogens with one attached hydrogen (secondary N) is 1. The Morgan fingerprint density at radius 3 is 2.21 bits per heavy atom. The van der Waals surface area contributed by atoms with E-state index in [-0.39, 0.29) is 0 Å². The molecule has 0 aliphatic rings. The molecule has 19 heavy (non-hydrogen) atoms. The minimum absolute atomic E-state index is 0.449. The maximum Gasteiger partial charge on any atom is 0.409 e. The molecule has 2 N–H and O–H groups in total. The zero-order valence-corrected chi connectivity index (χ0v) is 9.86. The highest BCUT2D eigenvalue weighted by atomic mass is 19.2. The van der Waals surface area contributed by atoms with E-state index >= 15 is 0 Å². The predicted octanol–water partition coefficient (Wildman–Crippen LogP) is 3.65. The van der Waals surface area contributed by atoms with Crippen molar-refractivity contribution < 1.29 is 18.7 Å². The van der Waals surface area contributed by atoms with Gasteiger partial charge in [-0.05, 0) is 41.8 Å². The van der Waals surface area contributed by atoms with Gasteiger partial charge in [-0.3, -0.25) is 5.32 Å². The van der Waals surface area contributed by atoms with E-state index in [9.17, 15) is 13.6 Å². The molecule has 0 unspecified atom stereocenters. The van der Waals surface area contributed by atoms with Crippen molar-refractivity contribution in [1.29, 1.82) is 0 Å². The first-order chi connectivity index (χ1) is 9.04. The molecule has 0 aromatic heterocycles. The SMILES string of the molecule is O=C(O)Nc1ccc(Cc2ccc(F)c(F)c2)cc1. The molecule has 0 spiro atoms. The maximum atomic E-state index is 13.0. The van der Waals surface area contributed by atoms with E-state index in [1.807, 2.05) is 0 Å². The topological polar surface area (TPSA) is 49.3 Å². The molecule has 0 radical (unpaired) electrons. The van der Waals surface area contributed by atoms with Crippen LogP contribution in [-0.4, -0.2) is 11.2 Å². The van der Waals surface area contributed by atoms with Gasteiger partial charge in [0.05, 0.1) is 0 Å². The Morgan fingerprint density at radius 1 is 1.00 bits per heavy atom. The van der Waals surface area contributed by atoms with Crippen LogP contribution in [-0.2, 0) is 6.42 Å². The Balaban J connectivity index is 2.10. The summed E-state index contributed by atoms with van der Waals surface area (Å²) in [5, 5.41) is 10.8. The molecule has 0 bridgehead atoms. The normalized spacial score (nSPS) is 10.2. The molecular formula is C14H11F2NO2. The van der Waals surface area contributed by atoms with Gasteiger partial charge in [-0.25, -0.2) is 13.6 Å². The summed E-state index contributed by atoms with van der Waals surface area (Å²) in [6, 6.07) is 10.4. The fourth-order valence-electron chi connectivity index (χ4n) is 1.71. The van der Waals surface area contributed by atoms with Crippen molar-refractivity contribution in [3.05, 3.63) is 65.2 Å². The lowest BCUT2D eigenvalue weighted by Gasteiger charge is -2.05. The first-order valence-corrected chi connectivity index (χ1v) is 5.57. The average molecular weight is 263 g/mol. The molecule has 3 nitrogen and oxygen atoms in total. The van der Waals surface area contributed by atoms with E-state index in [4.69, 9.17) is 5.11 Å². The van der Waals surface area contributed by atoms with Gasteiger partial charge in [0.15, 0.2) is 11.6 Å². The van der Waals surface area contributed by atoms with E-state index < -0.39 is 17.7 Å². The number of halogens is 2. The van der Waals surface area contributed by atoms with Crippen LogP contribution in [0.1, 0.15) is 11.1 Å². The molecule has 5 heteroatoms. The first-order valence-electron chi connectivity index (χ1n) is 5.57. The van der Waals surface area contributed by atoms with Crippen LogP contribution in [0.2, 0.25) is 0 Å². The van der Waals surface area contributed by atoms with E-state index in [1.54, 1.807) is 24.3 Å². The molecule has 2 aromatic carbocycles. The molecule has 98 valence electrons. The van der Waals surface area contributed by atoms with Gasteiger partial charge in [0, 0.05) is 5.69 Å². The van der Waals surface area contributed by atoms with E-state index in [1.165, 1.54) is 6.07 Å². The molecule has 2 aromatic rings. The summed E-state index contributed by atoms with van der Waals surface area (Å²) in [4.78, 5) is 10.4. The van der Waals surface area contributed by atoms with Crippen molar-refractivity contribution >= 4 is 11.8 Å². The lowest BCUT2D eigenvalue weighted by atomic mass is 10.0. The number of hydrogen-bond donors (Lipinski definition) is 2. The van der Waals surface area contributed by atoms with Crippen LogP contribution in [0.4, 0.5) is 19.3 Å². The average Bonchev–Trinajstić information content (AvgIpc) is 2.36. The molecular weight excluding hydrogens is 252 g/mol. The number of carboxylic acid groups (broad SMARTS) is 1. The van der Waals surface area contributed by atoms with Gasteiger partial charge in [-0.15, -0.1) is 0 Å². The van der Waals surface area contributed by atoms with Crippen LogP contribution in [0, 0.1) is 11.6 Å². The number of hydrogen-bond acceptors (Lipinski definition) is 1. The first kappa shape index (κ1) is 13.0. The second-order valence-corrected chi connectivity index (χ2v) is 4.05. The third kappa shape index (κ3) is 3.51. The number of carbonyl (C=O) groups is 1. The van der Waals surface area contributed by atoms with Gasteiger partial charge in [0.25, 0.3) is 0 Å². The van der Waals surface area contributed by atoms with Gasteiger partial charge in [-0.1, -0.05) is 18.2 Å². The Labute approximate surface area is 108 Å². The third-order valence-corrected chi connectivity index (χ3v) is 2.60. The van der Waals surface area contributed by atoms with Crippen LogP contribution in [0.3, 0.4) is 0 Å². The quantitative estimate of drug-likeness (QED) is 0.888. The molecule has 1 amide bonds. The fourth-order valence-corrected chi connectivity index (χ4v) is 1.71. The molecule has 0 atom stereocenters. The zero-order valence-electron chi connectivity index (χ0n) is 9.86. The predicted molar refractivity (Wildman–Crippen MR) is 67.3 cm³/mol. The van der Waals surface area contributed by atoms with E-state index in [0.29, 0.717) is 17.7 Å². The molecule has 0 saturated carbocycles. The molecule has 0 heterocycles. The smallest absolute Gasteiger partial charge is 0.409 e. The minimum atomic E-state index is -1.13. The minimum Gasteiger partial charge on any atom is -0.465 e. The van der Waals surface area contributed by atoms with Crippen LogP contribution in [0.25, 0.3) is 0 Å². The lowest BCUT2D eigenvalue weighted by molar-refractivity contribution is 0.210. The van der Waals surface area contributed by atoms with Crippen LogP contribution in [0.15, 0.2) is 42.5 Å². The largest absolute Gasteiger partial charge is 0.465 e. The highest BCUT2D eigenvalue weighted by Crippen LogP contribution is 2.15. The number of amides is 1. The van der Waals surface area contributed by atoms with Crippen molar-refractivity contribution in [2.24, 2.45) is 0 Å². The monoisotopic (exact) mass is 263 g/mol. The van der Waals surface area contributed by atoms with Crippen molar-refractivity contribution in [3.63, 3.8) is 0 Å². The summed E-state index contributed by atoms with van der Waals surface area (Å²) in [5.74, 6) is -1.74. The van der Waals surface area contributed by atoms with Crippen LogP contribution >= 0.6 is 0 Å². The molecule has 0 fully saturated rings. The van der Waals surface area contributed by atoms with Gasteiger partial charge in [0.2, 0.25) is 0 Å². The molecule has 0 aliphatic heterocycles. The van der Waals surface area contributed by atoms with Crippen molar-refractivity contribution in [2.75, 3.05) is 5.32 Å². The Bertz CT molecular complexity index is 597. The summed E-state index contributed by atoms with van der Waals surface area (Å²) in [6.07, 6.45) is -0.682. The summed E-state index contributed by atoms with van der Waals surface area (Å²) < 4.78 is 25.8. The number of rotatable bonds is 3. The lowest BCUT2D eigenvalue weighted by Crippen LogP contribution is -2.06. The Hall–Kier alpha value is -2.43. The standard InChI is InChI=1S/C14H11F2NO2/c15-12-6-3-10(8-13(12)16)7-9-1-4-11(5-2-9)17-14(18)19/h1-6,8,17H,7H2,(H,18,19). The van der Waals surface area contributed by atoms with Gasteiger partial charge < -0.3 is 5.11 Å². The van der Waals surface area contributed by atoms with Gasteiger partial charge in [-0.2, -0.15) is 0 Å². The number of anilines is 1. The van der Waals surface area contributed by atoms with Crippen molar-refractivity contribution in [2.45, 2.75) is 6.42 Å². The van der Waals surface area contributed by atoms with Gasteiger partial charge >= 0.3 is 6.09 Å². The van der Waals surface area contributed by atoms with E-state index in [0.717, 1.165) is 17.7 Å². The van der Waals surface area contributed by atoms with E-state index in [2.05, 4.69) is 5.32 Å². The third-order valence-electron chi connectivity index (χ3n) is 2.60. The van der Waals surface area contributed by atoms with Crippen LogP contribution in [0.5, 0.6) is 0 Å². The second-order valence-electron chi connectivity index (χ2n) is 4.05. The Morgan fingerprint density at radius 2 is 1.63 bits per heavy atom. The highest BCUT2D eigenvalue weighted by molar-refractivity contribution is 5.82. The summed E-state index contributed by atoms with van der Waals surface area (Å²) in [6.45, 7) is 0. The van der Waals surface area contributed by atoms with Crippen molar-refractivity contribution in [3.8, 4) is 0 Å². The summed E-state index contributed by atoms with van der Waals surface area (Å²) in [7, 11) is 0. The molecule has 0 aliphatic carbocycles.